The molecule has 1 nitrogen and oxygen atoms in total. The van der Waals surface area contributed by atoms with Crippen molar-refractivity contribution in [2.24, 2.45) is 0 Å². The Bertz CT molecular complexity index is 931. The summed E-state index contributed by atoms with van der Waals surface area (Å²) in [5.41, 5.74) is 8.03. The molecule has 0 spiro atoms. The number of benzene rings is 2. The molecule has 0 aliphatic rings. The molecular weight excluding hydrogens is 542 g/mol. The van der Waals surface area contributed by atoms with Crippen LogP contribution in [0.25, 0.3) is 0 Å². The zero-order valence-electron chi connectivity index (χ0n) is 30.8. The van der Waals surface area contributed by atoms with Crippen LogP contribution in [0.4, 0.5) is 11.4 Å². The maximum atomic E-state index is 2.71. The molecule has 0 atom stereocenters. The maximum absolute atomic E-state index is 2.71. The minimum atomic E-state index is 1.13. The standard InChI is InChI=1S/C44H75N/c1-5-9-13-17-21-26-32-40-37-38-44(45(41-33-27-25-28-34-41)39-31-24-20-16-12-8-4)43(36-30-23-19-15-11-7-3)42(40)35-29-22-18-14-10-6-2/h25,27-28,33-34,37-38H,5-24,26,29-32,35-36,39H2,1-4H3. The van der Waals surface area contributed by atoms with E-state index in [1.165, 1.54) is 185 Å². The Morgan fingerprint density at radius 1 is 0.378 bits per heavy atom. The van der Waals surface area contributed by atoms with E-state index in [2.05, 4.69) is 75.1 Å². The Morgan fingerprint density at radius 2 is 0.800 bits per heavy atom. The third-order valence-corrected chi connectivity index (χ3v) is 9.96. The average molecular weight is 618 g/mol. The van der Waals surface area contributed by atoms with Crippen molar-refractivity contribution in [3.8, 4) is 0 Å². The number of rotatable bonds is 30. The SMILES string of the molecule is CCCCCCCCc1ccc(N(CCCCCCCC)c2ccccc2)c(CCCCCCCC)c1CCCCCCCC. The Morgan fingerprint density at radius 3 is 1.31 bits per heavy atom. The third kappa shape index (κ3) is 17.1. The fourth-order valence-corrected chi connectivity index (χ4v) is 7.11. The molecule has 0 heterocycles. The van der Waals surface area contributed by atoms with E-state index in [0.717, 1.165) is 6.54 Å². The molecule has 1 heteroatoms. The highest BCUT2D eigenvalue weighted by atomic mass is 15.1. The van der Waals surface area contributed by atoms with E-state index >= 15 is 0 Å². The van der Waals surface area contributed by atoms with Crippen LogP contribution in [0, 0.1) is 0 Å². The van der Waals surface area contributed by atoms with Crippen molar-refractivity contribution in [1.29, 1.82) is 0 Å². The first-order chi connectivity index (χ1) is 22.3. The molecule has 0 fully saturated rings. The Labute approximate surface area is 282 Å². The lowest BCUT2D eigenvalue weighted by Gasteiger charge is -2.30. The Hall–Kier alpha value is -1.76. The molecule has 0 aliphatic heterocycles. The molecule has 0 aromatic heterocycles. The lowest BCUT2D eigenvalue weighted by atomic mass is 9.88. The molecule has 0 amide bonds. The highest BCUT2D eigenvalue weighted by Gasteiger charge is 2.19. The van der Waals surface area contributed by atoms with Crippen LogP contribution in [-0.4, -0.2) is 6.54 Å². The summed E-state index contributed by atoms with van der Waals surface area (Å²) in [6, 6.07) is 16.5. The van der Waals surface area contributed by atoms with Gasteiger partial charge in [0.05, 0.1) is 0 Å². The molecule has 0 bridgehead atoms. The highest BCUT2D eigenvalue weighted by Crippen LogP contribution is 2.36. The minimum Gasteiger partial charge on any atom is -0.341 e. The van der Waals surface area contributed by atoms with Gasteiger partial charge < -0.3 is 4.90 Å². The van der Waals surface area contributed by atoms with Crippen LogP contribution >= 0.6 is 0 Å². The largest absolute Gasteiger partial charge is 0.341 e. The van der Waals surface area contributed by atoms with Gasteiger partial charge in [0.1, 0.15) is 0 Å². The van der Waals surface area contributed by atoms with E-state index in [9.17, 15) is 0 Å². The number of anilines is 2. The van der Waals surface area contributed by atoms with Crippen molar-refractivity contribution in [2.75, 3.05) is 11.4 Å². The number of para-hydroxylation sites is 1. The number of unbranched alkanes of at least 4 members (excludes halogenated alkanes) is 20. The van der Waals surface area contributed by atoms with E-state index in [-0.39, 0.29) is 0 Å². The minimum absolute atomic E-state index is 1.13. The van der Waals surface area contributed by atoms with E-state index in [4.69, 9.17) is 0 Å². The number of aryl methyl sites for hydroxylation is 1. The molecule has 0 N–H and O–H groups in total. The van der Waals surface area contributed by atoms with Gasteiger partial charge in [-0.05, 0) is 79.8 Å². The summed E-state index contributed by atoms with van der Waals surface area (Å²) in [5, 5.41) is 0. The topological polar surface area (TPSA) is 3.24 Å². The van der Waals surface area contributed by atoms with E-state index in [0.29, 0.717) is 0 Å². The van der Waals surface area contributed by atoms with Gasteiger partial charge in [0.15, 0.2) is 0 Å². The second-order valence-corrected chi connectivity index (χ2v) is 14.0. The lowest BCUT2D eigenvalue weighted by molar-refractivity contribution is 0.592. The molecular formula is C44H75N. The first-order valence-electron chi connectivity index (χ1n) is 20.2. The molecule has 256 valence electrons. The molecule has 0 saturated heterocycles. The van der Waals surface area contributed by atoms with Gasteiger partial charge in [-0.15, -0.1) is 0 Å². The number of nitrogens with zero attached hydrogens (tertiary/aromatic N) is 1. The Kier molecular flexibility index (Phi) is 24.0. The first kappa shape index (κ1) is 39.4. The summed E-state index contributed by atoms with van der Waals surface area (Å²) in [7, 11) is 0. The van der Waals surface area contributed by atoms with Crippen LogP contribution in [0.15, 0.2) is 42.5 Å². The normalized spacial score (nSPS) is 11.4. The average Bonchev–Trinajstić information content (AvgIpc) is 3.07. The second kappa shape index (κ2) is 27.4. The predicted octanol–water partition coefficient (Wildman–Crippen LogP) is 14.9. The Balaban J connectivity index is 2.37. The van der Waals surface area contributed by atoms with Gasteiger partial charge in [-0.3, -0.25) is 0 Å². The maximum Gasteiger partial charge on any atom is 0.0446 e. The van der Waals surface area contributed by atoms with Crippen molar-refractivity contribution in [3.05, 3.63) is 59.2 Å². The summed E-state index contributed by atoms with van der Waals surface area (Å²) in [5.74, 6) is 0. The fraction of sp³-hybridized carbons (Fsp3) is 0.727. The molecule has 2 aromatic rings. The van der Waals surface area contributed by atoms with Gasteiger partial charge in [-0.25, -0.2) is 0 Å². The van der Waals surface area contributed by atoms with Crippen molar-refractivity contribution in [1.82, 2.24) is 0 Å². The number of hydrogen-bond donors (Lipinski definition) is 0. The van der Waals surface area contributed by atoms with Crippen LogP contribution in [0.2, 0.25) is 0 Å². The van der Waals surface area contributed by atoms with Gasteiger partial charge in [0.25, 0.3) is 0 Å². The third-order valence-electron chi connectivity index (χ3n) is 9.96. The van der Waals surface area contributed by atoms with Crippen LogP contribution in [0.5, 0.6) is 0 Å². The van der Waals surface area contributed by atoms with Crippen molar-refractivity contribution < 1.29 is 0 Å². The predicted molar refractivity (Wildman–Crippen MR) is 205 cm³/mol. The second-order valence-electron chi connectivity index (χ2n) is 14.0. The van der Waals surface area contributed by atoms with Crippen LogP contribution in [0.3, 0.4) is 0 Å². The molecule has 0 saturated carbocycles. The summed E-state index contributed by atoms with van der Waals surface area (Å²) < 4.78 is 0. The summed E-state index contributed by atoms with van der Waals surface area (Å²) >= 11 is 0. The van der Waals surface area contributed by atoms with E-state index in [1.807, 2.05) is 0 Å². The molecule has 2 aromatic carbocycles. The van der Waals surface area contributed by atoms with Gasteiger partial charge in [0.2, 0.25) is 0 Å². The highest BCUT2D eigenvalue weighted by molar-refractivity contribution is 5.69. The first-order valence-corrected chi connectivity index (χ1v) is 20.2. The van der Waals surface area contributed by atoms with Crippen molar-refractivity contribution >= 4 is 11.4 Å². The molecule has 0 radical (unpaired) electrons. The van der Waals surface area contributed by atoms with Gasteiger partial charge in [-0.1, -0.05) is 180 Å². The molecule has 2 rings (SSSR count). The van der Waals surface area contributed by atoms with Crippen LogP contribution in [0.1, 0.15) is 198 Å². The van der Waals surface area contributed by atoms with Gasteiger partial charge in [-0.2, -0.15) is 0 Å². The van der Waals surface area contributed by atoms with E-state index in [1.54, 1.807) is 16.7 Å². The summed E-state index contributed by atoms with van der Waals surface area (Å²) in [6.45, 7) is 10.4. The quantitative estimate of drug-likeness (QED) is 0.0788. The molecule has 45 heavy (non-hydrogen) atoms. The zero-order chi connectivity index (χ0) is 32.2. The van der Waals surface area contributed by atoms with Gasteiger partial charge >= 0.3 is 0 Å². The number of hydrogen-bond acceptors (Lipinski definition) is 1. The molecule has 0 aliphatic carbocycles. The molecule has 0 unspecified atom stereocenters. The summed E-state index contributed by atoms with van der Waals surface area (Å²) in [6.07, 6.45) is 36.7. The van der Waals surface area contributed by atoms with E-state index < -0.39 is 0 Å². The summed E-state index contributed by atoms with van der Waals surface area (Å²) in [4.78, 5) is 2.71. The lowest BCUT2D eigenvalue weighted by Crippen LogP contribution is -2.21. The van der Waals surface area contributed by atoms with Gasteiger partial charge in [0, 0.05) is 17.9 Å². The van der Waals surface area contributed by atoms with Crippen LogP contribution < -0.4 is 4.90 Å². The smallest absolute Gasteiger partial charge is 0.0446 e. The zero-order valence-corrected chi connectivity index (χ0v) is 30.8. The fourth-order valence-electron chi connectivity index (χ4n) is 7.11. The van der Waals surface area contributed by atoms with Crippen molar-refractivity contribution in [3.63, 3.8) is 0 Å². The monoisotopic (exact) mass is 618 g/mol. The van der Waals surface area contributed by atoms with Crippen LogP contribution in [-0.2, 0) is 19.3 Å². The van der Waals surface area contributed by atoms with Crippen molar-refractivity contribution in [2.45, 2.75) is 201 Å².